The number of carbonyl (C=O) groups excluding carboxylic acids is 1. The Morgan fingerprint density at radius 2 is 1.91 bits per heavy atom. The molecule has 0 saturated carbocycles. The number of halogens is 2. The summed E-state index contributed by atoms with van der Waals surface area (Å²) in [6.45, 7) is 3.09. The molecule has 0 aliphatic rings. The van der Waals surface area contributed by atoms with Crippen LogP contribution < -0.4 is 10.2 Å². The summed E-state index contributed by atoms with van der Waals surface area (Å²) in [5, 5.41) is 2.76. The Bertz CT molecular complexity index is 658. The van der Waals surface area contributed by atoms with Crippen LogP contribution >= 0.6 is 15.9 Å². The Labute approximate surface area is 138 Å². The molecule has 0 aromatic heterocycles. The fourth-order valence-corrected chi connectivity index (χ4v) is 2.57. The third kappa shape index (κ3) is 4.07. The molecule has 22 heavy (non-hydrogen) atoms. The fourth-order valence-electron chi connectivity index (χ4n) is 2.12. The molecule has 0 saturated heterocycles. The number of nitrogens with zero attached hydrogens (tertiary/aromatic N) is 1. The van der Waals surface area contributed by atoms with Gasteiger partial charge in [0.15, 0.2) is 0 Å². The van der Waals surface area contributed by atoms with E-state index in [4.69, 9.17) is 0 Å². The second kappa shape index (κ2) is 7.40. The van der Waals surface area contributed by atoms with E-state index in [1.54, 1.807) is 12.1 Å². The summed E-state index contributed by atoms with van der Waals surface area (Å²) in [6.07, 6.45) is 1.07. The first-order chi connectivity index (χ1) is 10.5. The summed E-state index contributed by atoms with van der Waals surface area (Å²) >= 11 is 3.23. The van der Waals surface area contributed by atoms with Gasteiger partial charge in [-0.15, -0.1) is 0 Å². The highest BCUT2D eigenvalue weighted by Gasteiger charge is 2.09. The lowest BCUT2D eigenvalue weighted by Gasteiger charge is -2.18. The Morgan fingerprint density at radius 3 is 2.50 bits per heavy atom. The molecule has 116 valence electrons. The smallest absolute Gasteiger partial charge is 0.255 e. The molecule has 0 aliphatic heterocycles. The molecule has 1 N–H and O–H groups in total. The molecule has 0 unspecified atom stereocenters. The predicted octanol–water partition coefficient (Wildman–Crippen LogP) is 4.69. The van der Waals surface area contributed by atoms with Gasteiger partial charge in [0.25, 0.3) is 5.91 Å². The van der Waals surface area contributed by atoms with Gasteiger partial charge < -0.3 is 10.2 Å². The van der Waals surface area contributed by atoms with Gasteiger partial charge in [-0.25, -0.2) is 4.39 Å². The van der Waals surface area contributed by atoms with E-state index < -0.39 is 0 Å². The summed E-state index contributed by atoms with van der Waals surface area (Å²) in [4.78, 5) is 14.4. The summed E-state index contributed by atoms with van der Waals surface area (Å²) in [5.74, 6) is -0.579. The molecule has 0 bridgehead atoms. The fraction of sp³-hybridized carbons (Fsp3) is 0.235. The zero-order valence-corrected chi connectivity index (χ0v) is 14.2. The topological polar surface area (TPSA) is 32.3 Å². The van der Waals surface area contributed by atoms with Gasteiger partial charge in [-0.2, -0.15) is 0 Å². The quantitative estimate of drug-likeness (QED) is 0.834. The maximum Gasteiger partial charge on any atom is 0.255 e. The molecule has 5 heteroatoms. The van der Waals surface area contributed by atoms with E-state index in [9.17, 15) is 9.18 Å². The van der Waals surface area contributed by atoms with E-state index >= 15 is 0 Å². The Hall–Kier alpha value is -1.88. The number of benzene rings is 2. The highest BCUT2D eigenvalue weighted by Crippen LogP contribution is 2.24. The van der Waals surface area contributed by atoms with Gasteiger partial charge in [0, 0.05) is 29.3 Å². The third-order valence-corrected chi connectivity index (χ3v) is 3.96. The minimum absolute atomic E-state index is 0.225. The molecule has 0 heterocycles. The lowest BCUT2D eigenvalue weighted by atomic mass is 10.1. The zero-order chi connectivity index (χ0) is 16.1. The van der Waals surface area contributed by atoms with Gasteiger partial charge in [0.05, 0.1) is 5.69 Å². The number of rotatable bonds is 5. The Morgan fingerprint density at radius 1 is 1.23 bits per heavy atom. The molecule has 0 atom stereocenters. The Kier molecular flexibility index (Phi) is 5.55. The molecule has 0 aliphatic carbocycles. The largest absolute Gasteiger partial charge is 0.375 e. The highest BCUT2D eigenvalue weighted by molar-refractivity contribution is 9.10. The van der Waals surface area contributed by atoms with Crippen molar-refractivity contribution in [1.29, 1.82) is 0 Å². The third-order valence-electron chi connectivity index (χ3n) is 3.31. The molecule has 0 radical (unpaired) electrons. The molecule has 0 spiro atoms. The van der Waals surface area contributed by atoms with Crippen LogP contribution in [-0.2, 0) is 0 Å². The zero-order valence-electron chi connectivity index (χ0n) is 12.6. The SMILES string of the molecule is CCCN(C)c1ccc(C(=O)Nc2ccc(F)cc2Br)cc1. The van der Waals surface area contributed by atoms with Crippen LogP contribution in [0.1, 0.15) is 23.7 Å². The Balaban J connectivity index is 2.09. The summed E-state index contributed by atoms with van der Waals surface area (Å²) < 4.78 is 13.6. The van der Waals surface area contributed by atoms with Crippen molar-refractivity contribution in [2.75, 3.05) is 23.8 Å². The van der Waals surface area contributed by atoms with E-state index in [1.165, 1.54) is 18.2 Å². The van der Waals surface area contributed by atoms with Crippen molar-refractivity contribution in [2.24, 2.45) is 0 Å². The van der Waals surface area contributed by atoms with Crippen molar-refractivity contribution < 1.29 is 9.18 Å². The van der Waals surface area contributed by atoms with Gasteiger partial charge in [-0.1, -0.05) is 6.92 Å². The standard InChI is InChI=1S/C17H18BrFN2O/c1-3-10-21(2)14-7-4-12(5-8-14)17(22)20-16-9-6-13(19)11-15(16)18/h4-9,11H,3,10H2,1-2H3,(H,20,22). The normalized spacial score (nSPS) is 10.4. The van der Waals surface area contributed by atoms with Crippen LogP contribution in [0.3, 0.4) is 0 Å². The number of nitrogens with one attached hydrogen (secondary N) is 1. The molecule has 0 fully saturated rings. The molecular formula is C17H18BrFN2O. The van der Waals surface area contributed by atoms with E-state index in [0.29, 0.717) is 15.7 Å². The minimum atomic E-state index is -0.354. The molecule has 2 rings (SSSR count). The predicted molar refractivity (Wildman–Crippen MR) is 92.1 cm³/mol. The van der Waals surface area contributed by atoms with Gasteiger partial charge in [-0.3, -0.25) is 4.79 Å². The van der Waals surface area contributed by atoms with E-state index in [2.05, 4.69) is 33.1 Å². The molecule has 2 aromatic carbocycles. The van der Waals surface area contributed by atoms with E-state index in [1.807, 2.05) is 19.2 Å². The maximum absolute atomic E-state index is 13.0. The lowest BCUT2D eigenvalue weighted by Crippen LogP contribution is -2.18. The number of anilines is 2. The second-order valence-corrected chi connectivity index (χ2v) is 5.90. The van der Waals surface area contributed by atoms with Gasteiger partial charge in [0.2, 0.25) is 0 Å². The van der Waals surface area contributed by atoms with Gasteiger partial charge in [-0.05, 0) is 64.8 Å². The van der Waals surface area contributed by atoms with Crippen molar-refractivity contribution >= 4 is 33.2 Å². The number of carbonyl (C=O) groups is 1. The minimum Gasteiger partial charge on any atom is -0.375 e. The highest BCUT2D eigenvalue weighted by atomic mass is 79.9. The first-order valence-corrected chi connectivity index (χ1v) is 7.88. The average molecular weight is 365 g/mol. The van der Waals surface area contributed by atoms with Crippen LogP contribution in [0.5, 0.6) is 0 Å². The molecular weight excluding hydrogens is 347 g/mol. The number of hydrogen-bond donors (Lipinski definition) is 1. The van der Waals surface area contributed by atoms with Crippen molar-refractivity contribution in [1.82, 2.24) is 0 Å². The number of amides is 1. The van der Waals surface area contributed by atoms with Crippen molar-refractivity contribution in [2.45, 2.75) is 13.3 Å². The second-order valence-electron chi connectivity index (χ2n) is 5.05. The summed E-state index contributed by atoms with van der Waals surface area (Å²) in [6, 6.07) is 11.6. The van der Waals surface area contributed by atoms with Crippen molar-refractivity contribution in [3.63, 3.8) is 0 Å². The van der Waals surface area contributed by atoms with E-state index in [0.717, 1.165) is 18.7 Å². The first-order valence-electron chi connectivity index (χ1n) is 7.09. The monoisotopic (exact) mass is 364 g/mol. The lowest BCUT2D eigenvalue weighted by molar-refractivity contribution is 0.102. The first kappa shape index (κ1) is 16.5. The van der Waals surface area contributed by atoms with Crippen LogP contribution in [0.4, 0.5) is 15.8 Å². The van der Waals surface area contributed by atoms with Crippen molar-refractivity contribution in [3.8, 4) is 0 Å². The number of hydrogen-bond acceptors (Lipinski definition) is 2. The average Bonchev–Trinajstić information content (AvgIpc) is 2.50. The van der Waals surface area contributed by atoms with Gasteiger partial charge >= 0.3 is 0 Å². The molecule has 3 nitrogen and oxygen atoms in total. The van der Waals surface area contributed by atoms with Crippen LogP contribution in [0, 0.1) is 5.82 Å². The molecule has 1 amide bonds. The summed E-state index contributed by atoms with van der Waals surface area (Å²) in [5.41, 5.74) is 2.17. The van der Waals surface area contributed by atoms with Crippen LogP contribution in [-0.4, -0.2) is 19.5 Å². The van der Waals surface area contributed by atoms with Crippen LogP contribution in [0.2, 0.25) is 0 Å². The van der Waals surface area contributed by atoms with Gasteiger partial charge in [0.1, 0.15) is 5.82 Å². The van der Waals surface area contributed by atoms with Crippen LogP contribution in [0.15, 0.2) is 46.9 Å². The summed E-state index contributed by atoms with van der Waals surface area (Å²) in [7, 11) is 2.02. The van der Waals surface area contributed by atoms with Crippen molar-refractivity contribution in [3.05, 3.63) is 58.3 Å². The maximum atomic E-state index is 13.0. The van der Waals surface area contributed by atoms with Crippen LogP contribution in [0.25, 0.3) is 0 Å². The van der Waals surface area contributed by atoms with E-state index in [-0.39, 0.29) is 11.7 Å². The molecule has 2 aromatic rings.